The maximum absolute atomic E-state index is 13.2. The third-order valence-corrected chi connectivity index (χ3v) is 5.85. The lowest BCUT2D eigenvalue weighted by Gasteiger charge is -2.53. The normalized spacial score (nSPS) is 30.0. The highest BCUT2D eigenvalue weighted by Crippen LogP contribution is 2.55. The van der Waals surface area contributed by atoms with Gasteiger partial charge in [0.05, 0.1) is 25.9 Å². The van der Waals surface area contributed by atoms with Crippen molar-refractivity contribution in [3.05, 3.63) is 46.7 Å². The molecule has 1 aromatic rings. The van der Waals surface area contributed by atoms with Gasteiger partial charge < -0.3 is 19.5 Å². The Labute approximate surface area is 153 Å². The Morgan fingerprint density at radius 3 is 2.46 bits per heavy atom. The van der Waals surface area contributed by atoms with Crippen molar-refractivity contribution in [2.75, 3.05) is 21.3 Å². The van der Waals surface area contributed by atoms with Crippen molar-refractivity contribution in [3.8, 4) is 0 Å². The highest BCUT2D eigenvalue weighted by Gasteiger charge is 2.63. The zero-order valence-electron chi connectivity index (χ0n) is 15.8. The van der Waals surface area contributed by atoms with E-state index in [1.54, 1.807) is 7.11 Å². The molecule has 1 aromatic carbocycles. The molecule has 2 aliphatic rings. The fraction of sp³-hybridized carbons (Fsp3) is 0.500. The van der Waals surface area contributed by atoms with Crippen LogP contribution in [0.2, 0.25) is 0 Å². The average molecular weight is 359 g/mol. The lowest BCUT2D eigenvalue weighted by molar-refractivity contribution is -0.170. The van der Waals surface area contributed by atoms with E-state index in [-0.39, 0.29) is 6.04 Å². The van der Waals surface area contributed by atoms with Gasteiger partial charge in [-0.15, -0.1) is 0 Å². The van der Waals surface area contributed by atoms with Crippen LogP contribution in [0.25, 0.3) is 0 Å². The van der Waals surface area contributed by atoms with Crippen molar-refractivity contribution in [1.29, 1.82) is 0 Å². The van der Waals surface area contributed by atoms with Crippen LogP contribution in [-0.2, 0) is 30.2 Å². The molecule has 4 atom stereocenters. The van der Waals surface area contributed by atoms with Crippen LogP contribution in [0.15, 0.2) is 35.5 Å². The number of hydrogen-bond donors (Lipinski definition) is 1. The molecule has 0 saturated carbocycles. The van der Waals surface area contributed by atoms with Crippen LogP contribution in [-0.4, -0.2) is 45.4 Å². The van der Waals surface area contributed by atoms with Gasteiger partial charge in [0.15, 0.2) is 0 Å². The van der Waals surface area contributed by atoms with Crippen molar-refractivity contribution in [2.45, 2.75) is 38.3 Å². The van der Waals surface area contributed by atoms with Gasteiger partial charge in [0.1, 0.15) is 5.41 Å². The number of methoxy groups -OCH3 is 3. The minimum absolute atomic E-state index is 0.285. The van der Waals surface area contributed by atoms with Gasteiger partial charge in [-0.1, -0.05) is 24.3 Å². The molecule has 0 unspecified atom stereocenters. The summed E-state index contributed by atoms with van der Waals surface area (Å²) in [6.45, 7) is 3.77. The minimum atomic E-state index is -1.07. The van der Waals surface area contributed by atoms with E-state index in [4.69, 9.17) is 14.2 Å². The summed E-state index contributed by atoms with van der Waals surface area (Å²) in [6.07, 6.45) is 0.128. The second-order valence-corrected chi connectivity index (χ2v) is 6.88. The highest BCUT2D eigenvalue weighted by molar-refractivity contribution is 5.95. The van der Waals surface area contributed by atoms with Gasteiger partial charge in [-0.2, -0.15) is 0 Å². The van der Waals surface area contributed by atoms with E-state index >= 15 is 0 Å². The number of carbonyl (C=O) groups is 2. The SMILES string of the molecule is COC(=O)C1=C(C)N[C@H](C)[C@]2(C(=O)OC)[C@H]1c1ccccc1C[C@H]2OC. The van der Waals surface area contributed by atoms with E-state index in [1.165, 1.54) is 14.2 Å². The summed E-state index contributed by atoms with van der Waals surface area (Å²) in [5.41, 5.74) is 2.10. The first-order chi connectivity index (χ1) is 12.4. The van der Waals surface area contributed by atoms with Crippen LogP contribution < -0.4 is 5.32 Å². The smallest absolute Gasteiger partial charge is 0.336 e. The zero-order valence-corrected chi connectivity index (χ0v) is 15.8. The van der Waals surface area contributed by atoms with E-state index in [0.29, 0.717) is 17.7 Å². The Bertz CT molecular complexity index is 771. The Morgan fingerprint density at radius 1 is 1.15 bits per heavy atom. The lowest BCUT2D eigenvalue weighted by atomic mass is 9.55. The quantitative estimate of drug-likeness (QED) is 0.832. The summed E-state index contributed by atoms with van der Waals surface area (Å²) in [6, 6.07) is 7.57. The number of esters is 2. The monoisotopic (exact) mass is 359 g/mol. The Kier molecular flexibility index (Phi) is 4.80. The number of fused-ring (bicyclic) bond motifs is 3. The summed E-state index contributed by atoms with van der Waals surface area (Å²) < 4.78 is 16.1. The average Bonchev–Trinajstić information content (AvgIpc) is 2.66. The Hall–Kier alpha value is -2.34. The summed E-state index contributed by atoms with van der Waals surface area (Å²) >= 11 is 0. The lowest BCUT2D eigenvalue weighted by Crippen LogP contribution is -2.65. The van der Waals surface area contributed by atoms with E-state index in [0.717, 1.165) is 11.1 Å². The number of allylic oxidation sites excluding steroid dienone is 1. The van der Waals surface area contributed by atoms with Crippen molar-refractivity contribution in [2.24, 2.45) is 5.41 Å². The van der Waals surface area contributed by atoms with E-state index in [2.05, 4.69) is 5.32 Å². The molecule has 1 aliphatic carbocycles. The highest BCUT2D eigenvalue weighted by atomic mass is 16.5. The number of benzene rings is 1. The molecule has 6 nitrogen and oxygen atoms in total. The van der Waals surface area contributed by atoms with Gasteiger partial charge in [-0.3, -0.25) is 4.79 Å². The molecule has 0 aromatic heterocycles. The van der Waals surface area contributed by atoms with Crippen molar-refractivity contribution >= 4 is 11.9 Å². The predicted octanol–water partition coefficient (Wildman–Crippen LogP) is 1.94. The number of ether oxygens (including phenoxy) is 3. The topological polar surface area (TPSA) is 73.9 Å². The van der Waals surface area contributed by atoms with Gasteiger partial charge in [-0.05, 0) is 25.0 Å². The fourth-order valence-corrected chi connectivity index (χ4v) is 4.74. The summed E-state index contributed by atoms with van der Waals surface area (Å²) in [5, 5.41) is 3.29. The molecule has 0 saturated heterocycles. The van der Waals surface area contributed by atoms with Gasteiger partial charge >= 0.3 is 11.9 Å². The Morgan fingerprint density at radius 2 is 1.85 bits per heavy atom. The number of hydrogen-bond acceptors (Lipinski definition) is 6. The van der Waals surface area contributed by atoms with Crippen molar-refractivity contribution in [1.82, 2.24) is 5.32 Å². The second kappa shape index (κ2) is 6.76. The standard InChI is InChI=1S/C20H25NO5/c1-11-16(18(22)25-4)17-14-9-7-6-8-13(14)10-15(24-3)20(17,12(2)21-11)19(23)26-5/h6-9,12,15,17,21H,10H2,1-5H3/t12-,15-,17+,20-/m1/s1. The van der Waals surface area contributed by atoms with E-state index in [1.807, 2.05) is 38.1 Å². The maximum Gasteiger partial charge on any atom is 0.336 e. The molecule has 140 valence electrons. The fourth-order valence-electron chi connectivity index (χ4n) is 4.74. The van der Waals surface area contributed by atoms with E-state index in [9.17, 15) is 9.59 Å². The van der Waals surface area contributed by atoms with Crippen LogP contribution in [0.1, 0.15) is 30.9 Å². The molecule has 1 heterocycles. The summed E-state index contributed by atoms with van der Waals surface area (Å²) in [7, 11) is 4.32. The maximum atomic E-state index is 13.2. The third kappa shape index (κ3) is 2.35. The van der Waals surface area contributed by atoms with Crippen LogP contribution in [0.3, 0.4) is 0 Å². The van der Waals surface area contributed by atoms with Crippen LogP contribution in [0, 0.1) is 5.41 Å². The Balaban J connectivity index is 2.37. The van der Waals surface area contributed by atoms with Gasteiger partial charge in [0.25, 0.3) is 0 Å². The molecule has 6 heteroatoms. The molecule has 0 amide bonds. The van der Waals surface area contributed by atoms with Gasteiger partial charge in [-0.25, -0.2) is 4.79 Å². The van der Waals surface area contributed by atoms with Crippen LogP contribution in [0.4, 0.5) is 0 Å². The first kappa shape index (κ1) is 18.5. The number of nitrogens with one attached hydrogen (secondary N) is 1. The molecule has 26 heavy (non-hydrogen) atoms. The van der Waals surface area contributed by atoms with Gasteiger partial charge in [0.2, 0.25) is 0 Å². The molecular formula is C20H25NO5. The molecule has 1 aliphatic heterocycles. The molecule has 0 bridgehead atoms. The number of carbonyl (C=O) groups excluding carboxylic acids is 2. The van der Waals surface area contributed by atoms with E-state index < -0.39 is 29.4 Å². The first-order valence-corrected chi connectivity index (χ1v) is 8.68. The molecule has 0 radical (unpaired) electrons. The molecule has 0 fully saturated rings. The molecular weight excluding hydrogens is 334 g/mol. The molecule has 1 N–H and O–H groups in total. The molecule has 0 spiro atoms. The first-order valence-electron chi connectivity index (χ1n) is 8.68. The minimum Gasteiger partial charge on any atom is -0.468 e. The van der Waals surface area contributed by atoms with Crippen molar-refractivity contribution < 1.29 is 23.8 Å². The third-order valence-electron chi connectivity index (χ3n) is 5.85. The number of rotatable bonds is 3. The van der Waals surface area contributed by atoms with Crippen molar-refractivity contribution in [3.63, 3.8) is 0 Å². The molecule has 3 rings (SSSR count). The van der Waals surface area contributed by atoms with Crippen LogP contribution >= 0.6 is 0 Å². The predicted molar refractivity (Wildman–Crippen MR) is 95.4 cm³/mol. The van der Waals surface area contributed by atoms with Crippen LogP contribution in [0.5, 0.6) is 0 Å². The zero-order chi connectivity index (χ0) is 19.1. The largest absolute Gasteiger partial charge is 0.468 e. The second-order valence-electron chi connectivity index (χ2n) is 6.88. The summed E-state index contributed by atoms with van der Waals surface area (Å²) in [4.78, 5) is 25.8. The van der Waals surface area contributed by atoms with Gasteiger partial charge in [0, 0.05) is 31.2 Å². The summed E-state index contributed by atoms with van der Waals surface area (Å²) in [5.74, 6) is -1.35.